The van der Waals surface area contributed by atoms with Crippen LogP contribution in [0.15, 0.2) is 40.0 Å². The average Bonchev–Trinajstić information content (AvgIpc) is 3.00. The second-order valence-corrected chi connectivity index (χ2v) is 6.43. The number of fused-ring (bicyclic) bond motifs is 1. The zero-order valence-electron chi connectivity index (χ0n) is 13.5. The van der Waals surface area contributed by atoms with Gasteiger partial charge in [0.1, 0.15) is 5.65 Å². The fourth-order valence-electron chi connectivity index (χ4n) is 2.68. The third kappa shape index (κ3) is 3.27. The summed E-state index contributed by atoms with van der Waals surface area (Å²) >= 11 is 3.31. The standard InChI is InChI=1S/C16H15BrN4O4/c1-20-7-9(6-18-20)11(5-13(22)25-2)14-15(23)19-12-4-3-10(17)8-21(12)16(14)24/h3-4,6-8,11,23H,5H2,1-2H3. The topological polar surface area (TPSA) is 98.7 Å². The zero-order chi connectivity index (χ0) is 18.1. The van der Waals surface area contributed by atoms with Crippen LogP contribution in [-0.2, 0) is 16.6 Å². The third-order valence-corrected chi connectivity index (χ3v) is 4.34. The molecule has 0 amide bonds. The van der Waals surface area contributed by atoms with Crippen molar-refractivity contribution < 1.29 is 14.6 Å². The molecule has 0 bridgehead atoms. The minimum Gasteiger partial charge on any atom is -0.493 e. The number of aryl methyl sites for hydroxylation is 1. The lowest BCUT2D eigenvalue weighted by atomic mass is 9.91. The van der Waals surface area contributed by atoms with Crippen molar-refractivity contribution in [1.82, 2.24) is 19.2 Å². The van der Waals surface area contributed by atoms with E-state index in [1.54, 1.807) is 42.5 Å². The van der Waals surface area contributed by atoms with E-state index in [4.69, 9.17) is 4.74 Å². The molecule has 3 aromatic heterocycles. The highest BCUT2D eigenvalue weighted by Gasteiger charge is 2.27. The molecule has 0 aliphatic rings. The number of esters is 1. The first-order valence-electron chi connectivity index (χ1n) is 7.37. The van der Waals surface area contributed by atoms with Crippen molar-refractivity contribution in [3.05, 3.63) is 56.7 Å². The third-order valence-electron chi connectivity index (χ3n) is 3.88. The van der Waals surface area contributed by atoms with E-state index in [-0.39, 0.29) is 12.0 Å². The number of nitrogens with zero attached hydrogens (tertiary/aromatic N) is 4. The highest BCUT2D eigenvalue weighted by molar-refractivity contribution is 9.10. The maximum atomic E-state index is 13.0. The van der Waals surface area contributed by atoms with E-state index >= 15 is 0 Å². The van der Waals surface area contributed by atoms with E-state index < -0.39 is 23.3 Å². The lowest BCUT2D eigenvalue weighted by Crippen LogP contribution is -2.24. The van der Waals surface area contributed by atoms with Gasteiger partial charge in [-0.3, -0.25) is 18.7 Å². The number of hydrogen-bond donors (Lipinski definition) is 1. The van der Waals surface area contributed by atoms with Crippen LogP contribution >= 0.6 is 15.9 Å². The molecule has 0 fully saturated rings. The molecule has 1 atom stereocenters. The maximum absolute atomic E-state index is 13.0. The molecular formula is C16H15BrN4O4. The van der Waals surface area contributed by atoms with Gasteiger partial charge in [-0.25, -0.2) is 0 Å². The predicted molar refractivity (Wildman–Crippen MR) is 92.5 cm³/mol. The fraction of sp³-hybridized carbons (Fsp3) is 0.250. The van der Waals surface area contributed by atoms with Crippen molar-refractivity contribution in [2.24, 2.45) is 7.05 Å². The van der Waals surface area contributed by atoms with Crippen molar-refractivity contribution in [1.29, 1.82) is 0 Å². The van der Waals surface area contributed by atoms with Gasteiger partial charge < -0.3 is 9.84 Å². The maximum Gasteiger partial charge on any atom is 0.306 e. The van der Waals surface area contributed by atoms with Gasteiger partial charge in [0.15, 0.2) is 0 Å². The average molecular weight is 407 g/mol. The van der Waals surface area contributed by atoms with Gasteiger partial charge in [0, 0.05) is 29.8 Å². The van der Waals surface area contributed by atoms with Gasteiger partial charge in [0.05, 0.1) is 25.3 Å². The van der Waals surface area contributed by atoms with Crippen LogP contribution in [0.3, 0.4) is 0 Å². The molecule has 3 heterocycles. The predicted octanol–water partition coefficient (Wildman–Crippen LogP) is 1.59. The Morgan fingerprint density at radius 3 is 2.80 bits per heavy atom. The smallest absolute Gasteiger partial charge is 0.306 e. The molecule has 0 spiro atoms. The van der Waals surface area contributed by atoms with Crippen LogP contribution in [0.25, 0.3) is 5.65 Å². The summed E-state index contributed by atoms with van der Waals surface area (Å²) in [5.74, 6) is -1.64. The Hall–Kier alpha value is -2.68. The molecule has 8 nitrogen and oxygen atoms in total. The first-order valence-corrected chi connectivity index (χ1v) is 8.16. The largest absolute Gasteiger partial charge is 0.493 e. The number of halogens is 1. The van der Waals surface area contributed by atoms with Gasteiger partial charge in [-0.15, -0.1) is 0 Å². The number of ether oxygens (including phenoxy) is 1. The molecule has 0 aliphatic heterocycles. The van der Waals surface area contributed by atoms with Crippen LogP contribution < -0.4 is 5.56 Å². The summed E-state index contributed by atoms with van der Waals surface area (Å²) in [6.45, 7) is 0. The van der Waals surface area contributed by atoms with Crippen LogP contribution in [0.2, 0.25) is 0 Å². The second kappa shape index (κ2) is 6.67. The second-order valence-electron chi connectivity index (χ2n) is 5.51. The van der Waals surface area contributed by atoms with E-state index in [1.807, 2.05) is 0 Å². The zero-order valence-corrected chi connectivity index (χ0v) is 15.1. The molecular weight excluding hydrogens is 392 g/mol. The number of carbonyl (C=O) groups excluding carboxylic acids is 1. The first kappa shape index (κ1) is 17.2. The quantitative estimate of drug-likeness (QED) is 0.660. The molecule has 130 valence electrons. The van der Waals surface area contributed by atoms with E-state index in [0.29, 0.717) is 15.7 Å². The van der Waals surface area contributed by atoms with Crippen molar-refractivity contribution in [2.75, 3.05) is 7.11 Å². The molecule has 0 radical (unpaired) electrons. The minimum absolute atomic E-state index is 0.0222. The van der Waals surface area contributed by atoms with Crippen LogP contribution in [0.5, 0.6) is 5.88 Å². The summed E-state index contributed by atoms with van der Waals surface area (Å²) in [5.41, 5.74) is 0.477. The molecule has 3 aromatic rings. The molecule has 0 aromatic carbocycles. The lowest BCUT2D eigenvalue weighted by Gasteiger charge is -2.16. The molecule has 1 N–H and O–H groups in total. The Labute approximate surface area is 150 Å². The number of aromatic nitrogens is 4. The lowest BCUT2D eigenvalue weighted by molar-refractivity contribution is -0.140. The van der Waals surface area contributed by atoms with Gasteiger partial charge in [-0.05, 0) is 33.6 Å². The van der Waals surface area contributed by atoms with Gasteiger partial charge in [-0.2, -0.15) is 10.1 Å². The minimum atomic E-state index is -0.725. The molecule has 9 heteroatoms. The Balaban J connectivity index is 2.24. The monoisotopic (exact) mass is 406 g/mol. The Bertz CT molecular complexity index is 1010. The summed E-state index contributed by atoms with van der Waals surface area (Å²) in [6.07, 6.45) is 4.67. The molecule has 0 aliphatic carbocycles. The van der Waals surface area contributed by atoms with E-state index in [9.17, 15) is 14.7 Å². The van der Waals surface area contributed by atoms with Crippen molar-refractivity contribution in [3.63, 3.8) is 0 Å². The highest BCUT2D eigenvalue weighted by atomic mass is 79.9. The van der Waals surface area contributed by atoms with Crippen LogP contribution in [0, 0.1) is 0 Å². The summed E-state index contributed by atoms with van der Waals surface area (Å²) < 4.78 is 8.29. The molecule has 3 rings (SSSR count). The SMILES string of the molecule is COC(=O)CC(c1cnn(C)c1)c1c(O)nc2ccc(Br)cn2c1=O. The van der Waals surface area contributed by atoms with E-state index in [0.717, 1.165) is 0 Å². The van der Waals surface area contributed by atoms with Crippen LogP contribution in [0.1, 0.15) is 23.5 Å². The number of carbonyl (C=O) groups is 1. The normalized spacial score (nSPS) is 12.3. The van der Waals surface area contributed by atoms with Gasteiger partial charge in [0.25, 0.3) is 5.56 Å². The van der Waals surface area contributed by atoms with Gasteiger partial charge in [0.2, 0.25) is 5.88 Å². The summed E-state index contributed by atoms with van der Waals surface area (Å²) in [7, 11) is 2.99. The van der Waals surface area contributed by atoms with Gasteiger partial charge >= 0.3 is 5.97 Å². The Morgan fingerprint density at radius 2 is 2.16 bits per heavy atom. The molecule has 0 saturated carbocycles. The van der Waals surface area contributed by atoms with E-state index in [2.05, 4.69) is 26.0 Å². The fourth-order valence-corrected chi connectivity index (χ4v) is 3.01. The number of rotatable bonds is 4. The summed E-state index contributed by atoms with van der Waals surface area (Å²) in [6, 6.07) is 3.32. The Morgan fingerprint density at radius 1 is 1.40 bits per heavy atom. The van der Waals surface area contributed by atoms with Crippen molar-refractivity contribution in [3.8, 4) is 5.88 Å². The summed E-state index contributed by atoms with van der Waals surface area (Å²) in [4.78, 5) is 28.9. The highest BCUT2D eigenvalue weighted by Crippen LogP contribution is 2.31. The van der Waals surface area contributed by atoms with Crippen LogP contribution in [0.4, 0.5) is 0 Å². The number of pyridine rings is 1. The number of methoxy groups -OCH3 is 1. The first-order chi connectivity index (χ1) is 11.9. The van der Waals surface area contributed by atoms with Gasteiger partial charge in [-0.1, -0.05) is 0 Å². The van der Waals surface area contributed by atoms with Crippen molar-refractivity contribution in [2.45, 2.75) is 12.3 Å². The molecule has 1 unspecified atom stereocenters. The number of aromatic hydroxyl groups is 1. The summed E-state index contributed by atoms with van der Waals surface area (Å²) in [5, 5.41) is 14.4. The molecule has 25 heavy (non-hydrogen) atoms. The van der Waals surface area contributed by atoms with Crippen molar-refractivity contribution >= 4 is 27.5 Å². The number of hydrogen-bond acceptors (Lipinski definition) is 6. The Kier molecular flexibility index (Phi) is 4.58. The van der Waals surface area contributed by atoms with Crippen LogP contribution in [-0.4, -0.2) is 37.4 Å². The van der Waals surface area contributed by atoms with E-state index in [1.165, 1.54) is 11.5 Å². The molecule has 0 saturated heterocycles.